The predicted octanol–water partition coefficient (Wildman–Crippen LogP) is 1.62. The van der Waals surface area contributed by atoms with Crippen LogP contribution in [0.5, 0.6) is 5.75 Å². The molecule has 0 fully saturated rings. The number of hydrogen-bond donors (Lipinski definition) is 3. The van der Waals surface area contributed by atoms with Crippen LogP contribution in [0, 0.1) is 24.1 Å². The van der Waals surface area contributed by atoms with Gasteiger partial charge in [-0.1, -0.05) is 12.1 Å². The van der Waals surface area contributed by atoms with E-state index in [0.717, 1.165) is 11.6 Å². The van der Waals surface area contributed by atoms with E-state index in [1.54, 1.807) is 12.1 Å². The minimum absolute atomic E-state index is 0.0365. The molecule has 0 radical (unpaired) electrons. The molecule has 1 atom stereocenters. The van der Waals surface area contributed by atoms with E-state index in [0.29, 0.717) is 36.3 Å². The van der Waals surface area contributed by atoms with Crippen molar-refractivity contribution in [3.8, 4) is 11.8 Å². The number of aliphatic hydroxyl groups excluding tert-OH is 1. The maximum absolute atomic E-state index is 13.9. The van der Waals surface area contributed by atoms with Crippen LogP contribution in [0.2, 0.25) is 0 Å². The molecular weight excluding hydrogens is 397 g/mol. The highest BCUT2D eigenvalue weighted by molar-refractivity contribution is 7.89. The van der Waals surface area contributed by atoms with Crippen molar-refractivity contribution >= 4 is 10.0 Å². The first-order chi connectivity index (χ1) is 13.7. The van der Waals surface area contributed by atoms with E-state index in [1.807, 2.05) is 19.1 Å². The maximum Gasteiger partial charge on any atom is 0.238 e. The molecule has 0 aliphatic rings. The zero-order valence-electron chi connectivity index (χ0n) is 16.1. The topological polar surface area (TPSA) is 125 Å². The molecular formula is C20H24FN3O4S. The van der Waals surface area contributed by atoms with E-state index in [-0.39, 0.29) is 18.0 Å². The first-order valence-corrected chi connectivity index (χ1v) is 10.6. The fraction of sp³-hybridized carbons (Fsp3) is 0.350. The number of nitrogens with two attached hydrogens (primary N) is 1. The summed E-state index contributed by atoms with van der Waals surface area (Å²) < 4.78 is 41.9. The molecule has 0 heterocycles. The Morgan fingerprint density at radius 3 is 2.72 bits per heavy atom. The number of nitrogens with zero attached hydrogens (tertiary/aromatic N) is 1. The van der Waals surface area contributed by atoms with E-state index in [2.05, 4.69) is 5.32 Å². The van der Waals surface area contributed by atoms with Crippen molar-refractivity contribution < 1.29 is 22.7 Å². The molecule has 0 aromatic heterocycles. The quantitative estimate of drug-likeness (QED) is 0.501. The van der Waals surface area contributed by atoms with E-state index in [4.69, 9.17) is 15.1 Å². The van der Waals surface area contributed by atoms with Gasteiger partial charge in [0.1, 0.15) is 30.3 Å². The number of primary sulfonamides is 1. The van der Waals surface area contributed by atoms with Crippen molar-refractivity contribution in [2.45, 2.75) is 30.8 Å². The summed E-state index contributed by atoms with van der Waals surface area (Å²) in [5.41, 5.74) is 1.76. The standard InChI is InChI=1S/C20H24FN3O4S/c1-14-4-5-16(11-22)20(9-14)28-13-17(25)12-24-8-2-3-15-6-7-18(10-19(15)21)29(23,26)27/h4-7,9-10,17,24-25H,2-3,8,12-13H2,1H3,(H2,23,26,27)/t17-/m0/s1. The van der Waals surface area contributed by atoms with Crippen LogP contribution in [0.1, 0.15) is 23.1 Å². The third-order valence-electron chi connectivity index (χ3n) is 4.22. The molecule has 0 amide bonds. The number of ether oxygens (including phenoxy) is 1. The fourth-order valence-corrected chi connectivity index (χ4v) is 3.19. The Balaban J connectivity index is 1.72. The van der Waals surface area contributed by atoms with E-state index in [1.165, 1.54) is 12.1 Å². The van der Waals surface area contributed by atoms with Gasteiger partial charge in [0.05, 0.1) is 10.5 Å². The third kappa shape index (κ3) is 7.11. The largest absolute Gasteiger partial charge is 0.489 e. The second kappa shape index (κ2) is 10.3. The molecule has 0 aliphatic carbocycles. The van der Waals surface area contributed by atoms with Crippen molar-refractivity contribution in [2.24, 2.45) is 5.14 Å². The van der Waals surface area contributed by atoms with Crippen molar-refractivity contribution in [1.29, 1.82) is 5.26 Å². The zero-order chi connectivity index (χ0) is 21.4. The lowest BCUT2D eigenvalue weighted by molar-refractivity contribution is 0.106. The minimum Gasteiger partial charge on any atom is -0.489 e. The number of benzene rings is 2. The smallest absolute Gasteiger partial charge is 0.238 e. The van der Waals surface area contributed by atoms with Crippen LogP contribution < -0.4 is 15.2 Å². The SMILES string of the molecule is Cc1ccc(C#N)c(OC[C@@H](O)CNCCCc2ccc(S(N)(=O)=O)cc2F)c1. The summed E-state index contributed by atoms with van der Waals surface area (Å²) in [6, 6.07) is 10.9. The van der Waals surface area contributed by atoms with Gasteiger partial charge in [-0.25, -0.2) is 17.9 Å². The van der Waals surface area contributed by atoms with Crippen LogP contribution >= 0.6 is 0 Å². The average molecular weight is 421 g/mol. The van der Waals surface area contributed by atoms with Crippen molar-refractivity contribution in [3.05, 3.63) is 58.9 Å². The Hall–Kier alpha value is -2.51. The number of sulfonamides is 1. The molecule has 7 nitrogen and oxygen atoms in total. The van der Waals surface area contributed by atoms with Gasteiger partial charge in [0, 0.05) is 6.54 Å². The Bertz CT molecular complexity index is 990. The molecule has 0 unspecified atom stereocenters. The van der Waals surface area contributed by atoms with Crippen LogP contribution in [-0.2, 0) is 16.4 Å². The molecule has 4 N–H and O–H groups in total. The van der Waals surface area contributed by atoms with Gasteiger partial charge >= 0.3 is 0 Å². The summed E-state index contributed by atoms with van der Waals surface area (Å²) in [5, 5.41) is 27.1. The Morgan fingerprint density at radius 2 is 2.07 bits per heavy atom. The molecule has 156 valence electrons. The van der Waals surface area contributed by atoms with Crippen molar-refractivity contribution in [2.75, 3.05) is 19.7 Å². The lowest BCUT2D eigenvalue weighted by atomic mass is 10.1. The molecule has 29 heavy (non-hydrogen) atoms. The molecule has 2 rings (SSSR count). The molecule has 2 aromatic carbocycles. The van der Waals surface area contributed by atoms with Gasteiger partial charge in [-0.05, 0) is 61.7 Å². The van der Waals surface area contributed by atoms with Crippen LogP contribution in [-0.4, -0.2) is 39.3 Å². The monoisotopic (exact) mass is 421 g/mol. The van der Waals surface area contributed by atoms with Gasteiger partial charge in [-0.3, -0.25) is 0 Å². The van der Waals surface area contributed by atoms with Gasteiger partial charge in [0.25, 0.3) is 0 Å². The van der Waals surface area contributed by atoms with Gasteiger partial charge < -0.3 is 15.2 Å². The van der Waals surface area contributed by atoms with Gasteiger partial charge in [0.2, 0.25) is 10.0 Å². The minimum atomic E-state index is -3.92. The molecule has 0 spiro atoms. The second-order valence-electron chi connectivity index (χ2n) is 6.68. The lowest BCUT2D eigenvalue weighted by Crippen LogP contribution is -2.32. The second-order valence-corrected chi connectivity index (χ2v) is 8.24. The predicted molar refractivity (Wildman–Crippen MR) is 106 cm³/mol. The molecule has 0 aliphatic heterocycles. The highest BCUT2D eigenvalue weighted by Gasteiger charge is 2.12. The van der Waals surface area contributed by atoms with Crippen molar-refractivity contribution in [3.63, 3.8) is 0 Å². The van der Waals surface area contributed by atoms with Crippen LogP contribution in [0.4, 0.5) is 4.39 Å². The molecule has 0 saturated carbocycles. The number of nitriles is 1. The van der Waals surface area contributed by atoms with Gasteiger partial charge in [-0.15, -0.1) is 0 Å². The Morgan fingerprint density at radius 1 is 1.31 bits per heavy atom. The summed E-state index contributed by atoms with van der Waals surface area (Å²) in [4.78, 5) is -0.256. The fourth-order valence-electron chi connectivity index (χ4n) is 2.67. The molecule has 9 heteroatoms. The lowest BCUT2D eigenvalue weighted by Gasteiger charge is -2.14. The van der Waals surface area contributed by atoms with Crippen LogP contribution in [0.15, 0.2) is 41.3 Å². The Kier molecular flexibility index (Phi) is 8.10. The summed E-state index contributed by atoms with van der Waals surface area (Å²) in [7, 11) is -3.92. The third-order valence-corrected chi connectivity index (χ3v) is 5.13. The number of aliphatic hydroxyl groups is 1. The normalized spacial score (nSPS) is 12.4. The van der Waals surface area contributed by atoms with Crippen LogP contribution in [0.3, 0.4) is 0 Å². The van der Waals surface area contributed by atoms with E-state index < -0.39 is 21.9 Å². The van der Waals surface area contributed by atoms with Crippen molar-refractivity contribution in [1.82, 2.24) is 5.32 Å². The van der Waals surface area contributed by atoms with Crippen LogP contribution in [0.25, 0.3) is 0 Å². The zero-order valence-corrected chi connectivity index (χ0v) is 16.9. The van der Waals surface area contributed by atoms with Gasteiger partial charge in [-0.2, -0.15) is 5.26 Å². The summed E-state index contributed by atoms with van der Waals surface area (Å²) in [5.74, 6) is -0.179. The first-order valence-electron chi connectivity index (χ1n) is 9.04. The number of rotatable bonds is 10. The number of aryl methyl sites for hydroxylation is 2. The Labute approximate surface area is 170 Å². The molecule has 2 aromatic rings. The highest BCUT2D eigenvalue weighted by atomic mass is 32.2. The number of hydrogen-bond acceptors (Lipinski definition) is 6. The number of nitrogens with one attached hydrogen (secondary N) is 1. The molecule has 0 saturated heterocycles. The number of halogens is 1. The van der Waals surface area contributed by atoms with E-state index >= 15 is 0 Å². The molecule has 0 bridgehead atoms. The van der Waals surface area contributed by atoms with E-state index in [9.17, 15) is 17.9 Å². The maximum atomic E-state index is 13.9. The van der Waals surface area contributed by atoms with Gasteiger partial charge in [0.15, 0.2) is 0 Å². The summed E-state index contributed by atoms with van der Waals surface area (Å²) in [6.45, 7) is 2.73. The summed E-state index contributed by atoms with van der Waals surface area (Å²) in [6.07, 6.45) is 0.230. The summed E-state index contributed by atoms with van der Waals surface area (Å²) >= 11 is 0. The average Bonchev–Trinajstić information content (AvgIpc) is 2.66. The highest BCUT2D eigenvalue weighted by Crippen LogP contribution is 2.19. The first kappa shape index (κ1) is 22.8.